The van der Waals surface area contributed by atoms with Crippen LogP contribution in [0.2, 0.25) is 0 Å². The molecule has 69 heavy (non-hydrogen) atoms. The van der Waals surface area contributed by atoms with Crippen molar-refractivity contribution >= 4 is 86.6 Å². The third kappa shape index (κ3) is 18.7. The van der Waals surface area contributed by atoms with Crippen LogP contribution >= 0.6 is 21.6 Å². The maximum atomic E-state index is 14.5. The number of carbonyl (C=O) groups excluding carboxylic acids is 11. The fourth-order valence-electron chi connectivity index (χ4n) is 7.34. The van der Waals surface area contributed by atoms with Crippen molar-refractivity contribution in [1.82, 2.24) is 42.1 Å². The van der Waals surface area contributed by atoms with E-state index in [2.05, 4.69) is 37.2 Å². The zero-order chi connectivity index (χ0) is 51.5. The highest BCUT2D eigenvalue weighted by molar-refractivity contribution is 8.76. The molecule has 2 saturated heterocycles. The minimum absolute atomic E-state index is 0.0468. The van der Waals surface area contributed by atoms with Gasteiger partial charge in [-0.25, -0.2) is 0 Å². The zero-order valence-corrected chi connectivity index (χ0v) is 40.7. The fourth-order valence-corrected chi connectivity index (χ4v) is 9.62. The molecule has 2 aliphatic rings. The number of benzene rings is 1. The number of carbonyl (C=O) groups is 11. The van der Waals surface area contributed by atoms with Crippen molar-refractivity contribution in [1.29, 1.82) is 0 Å². The van der Waals surface area contributed by atoms with Crippen molar-refractivity contribution in [2.24, 2.45) is 34.8 Å². The highest BCUT2D eigenvalue weighted by Gasteiger charge is 2.41. The number of amides is 11. The number of hydrogen-bond donors (Lipinski definition) is 12. The minimum atomic E-state index is -1.75. The average molecular weight is 1010 g/mol. The average Bonchev–Trinajstić information content (AvgIpc) is 3.78. The highest BCUT2D eigenvalue weighted by atomic mass is 33.1. The molecule has 2 aliphatic heterocycles. The van der Waals surface area contributed by atoms with Gasteiger partial charge in [0.15, 0.2) is 0 Å². The number of hydrogen-bond acceptors (Lipinski definition) is 15. The van der Waals surface area contributed by atoms with E-state index < -0.39 is 145 Å². The first kappa shape index (κ1) is 57.2. The number of nitrogens with two attached hydrogens (primary N) is 4. The van der Waals surface area contributed by atoms with E-state index in [1.807, 2.05) is 13.8 Å². The van der Waals surface area contributed by atoms with E-state index in [0.29, 0.717) is 18.4 Å². The van der Waals surface area contributed by atoms with Gasteiger partial charge in [-0.1, -0.05) is 67.8 Å². The van der Waals surface area contributed by atoms with E-state index in [1.54, 1.807) is 13.8 Å². The Bertz CT molecular complexity index is 2050. The van der Waals surface area contributed by atoms with Crippen molar-refractivity contribution in [2.45, 2.75) is 127 Å². The molecule has 9 atom stereocenters. The van der Waals surface area contributed by atoms with Crippen LogP contribution < -0.4 is 60.2 Å². The van der Waals surface area contributed by atoms with E-state index in [1.165, 1.54) is 29.2 Å². The van der Waals surface area contributed by atoms with E-state index in [-0.39, 0.29) is 49.0 Å². The lowest BCUT2D eigenvalue weighted by atomic mass is 9.96. The Morgan fingerprint density at radius 1 is 0.783 bits per heavy atom. The smallest absolute Gasteiger partial charge is 0.246 e. The van der Waals surface area contributed by atoms with Gasteiger partial charge in [0.25, 0.3) is 0 Å². The highest BCUT2D eigenvalue weighted by Crippen LogP contribution is 2.26. The van der Waals surface area contributed by atoms with Crippen LogP contribution in [0.5, 0.6) is 5.75 Å². The summed E-state index contributed by atoms with van der Waals surface area (Å²) in [5, 5.41) is 27.7. The Morgan fingerprint density at radius 3 is 2.00 bits per heavy atom. The Labute approximate surface area is 407 Å². The van der Waals surface area contributed by atoms with Gasteiger partial charge in [-0.2, -0.15) is 0 Å². The fraction of sp³-hybridized carbons (Fsp3) is 0.605. The maximum Gasteiger partial charge on any atom is 0.246 e. The van der Waals surface area contributed by atoms with Crippen molar-refractivity contribution in [3.63, 3.8) is 0 Å². The first-order valence-electron chi connectivity index (χ1n) is 22.5. The molecule has 24 nitrogen and oxygen atoms in total. The molecule has 2 heterocycles. The lowest BCUT2D eigenvalue weighted by Crippen LogP contribution is -2.61. The second-order valence-electron chi connectivity index (χ2n) is 17.4. The maximum absolute atomic E-state index is 14.5. The Hall–Kier alpha value is -6.15. The van der Waals surface area contributed by atoms with E-state index in [0.717, 1.165) is 21.6 Å². The summed E-state index contributed by atoms with van der Waals surface area (Å²) in [4.78, 5) is 148. The van der Waals surface area contributed by atoms with E-state index in [4.69, 9.17) is 22.9 Å². The summed E-state index contributed by atoms with van der Waals surface area (Å²) < 4.78 is 0. The molecule has 382 valence electrons. The molecule has 0 aromatic heterocycles. The molecule has 3 rings (SSSR count). The number of nitrogens with one attached hydrogen (secondary N) is 7. The molecule has 11 amide bonds. The van der Waals surface area contributed by atoms with Crippen molar-refractivity contribution in [2.75, 3.05) is 24.6 Å². The lowest BCUT2D eigenvalue weighted by molar-refractivity contribution is -0.142. The summed E-state index contributed by atoms with van der Waals surface area (Å²) in [6.45, 7) is 6.60. The van der Waals surface area contributed by atoms with E-state index in [9.17, 15) is 57.8 Å². The number of nitrogens with zero attached hydrogens (tertiary/aromatic N) is 1. The molecule has 26 heteroatoms. The molecule has 0 aliphatic carbocycles. The van der Waals surface area contributed by atoms with Crippen LogP contribution in [-0.2, 0) is 59.2 Å². The molecule has 0 saturated carbocycles. The van der Waals surface area contributed by atoms with Gasteiger partial charge in [0.1, 0.15) is 48.0 Å². The van der Waals surface area contributed by atoms with Crippen LogP contribution in [0.15, 0.2) is 24.3 Å². The van der Waals surface area contributed by atoms with Gasteiger partial charge in [-0.05, 0) is 55.2 Å². The summed E-state index contributed by atoms with van der Waals surface area (Å²) in [6, 6.07) is -5.05. The van der Waals surface area contributed by atoms with Crippen LogP contribution in [0.1, 0.15) is 78.2 Å². The first-order valence-corrected chi connectivity index (χ1v) is 25.0. The normalized spacial score (nSPS) is 24.3. The topological polar surface area (TPSA) is 400 Å². The Balaban J connectivity index is 2.05. The Kier molecular flexibility index (Phi) is 23.0. The molecule has 2 fully saturated rings. The molecule has 0 unspecified atom stereocenters. The molecule has 0 radical (unpaired) electrons. The Morgan fingerprint density at radius 2 is 1.39 bits per heavy atom. The summed E-state index contributed by atoms with van der Waals surface area (Å²) in [5.41, 5.74) is 22.9. The third-order valence-electron chi connectivity index (χ3n) is 11.3. The number of aromatic hydroxyl groups is 1. The molecular formula is C43H66N12O12S2. The molecule has 0 spiro atoms. The van der Waals surface area contributed by atoms with E-state index >= 15 is 0 Å². The third-order valence-corrected chi connectivity index (χ3v) is 13.7. The summed E-state index contributed by atoms with van der Waals surface area (Å²) >= 11 is 0. The number of phenols is 1. The van der Waals surface area contributed by atoms with Crippen molar-refractivity contribution < 1.29 is 57.8 Å². The van der Waals surface area contributed by atoms with Crippen molar-refractivity contribution in [3.8, 4) is 5.75 Å². The van der Waals surface area contributed by atoms with Gasteiger partial charge in [0.2, 0.25) is 65.0 Å². The van der Waals surface area contributed by atoms with Gasteiger partial charge in [0.05, 0.1) is 19.0 Å². The van der Waals surface area contributed by atoms with Gasteiger partial charge in [0, 0.05) is 30.9 Å². The predicted octanol–water partition coefficient (Wildman–Crippen LogP) is -3.61. The molecule has 1 aromatic carbocycles. The summed E-state index contributed by atoms with van der Waals surface area (Å²) in [6.07, 6.45) is -0.694. The lowest BCUT2D eigenvalue weighted by Gasteiger charge is -2.31. The van der Waals surface area contributed by atoms with Crippen LogP contribution in [0.25, 0.3) is 0 Å². The van der Waals surface area contributed by atoms with Gasteiger partial charge < -0.3 is 70.2 Å². The molecular weight excluding hydrogens is 941 g/mol. The number of rotatable bonds is 17. The molecule has 0 bridgehead atoms. The minimum Gasteiger partial charge on any atom is -0.508 e. The van der Waals surface area contributed by atoms with Crippen LogP contribution in [0, 0.1) is 11.8 Å². The standard InChI is InChI=1S/C43H66N12O12S2/c1-5-22(4)35-42(66)49-26(12-13-32(45)57)38(62)51-29(17-33(46)58)39(63)53-30(20-69-68-19-25(44)36(60)50-28(40(64)54-35)16-23-8-10-24(56)11-9-23)43(67)55-14-6-7-31(55)41(65)52-27(15-21(2)3)37(61)48-18-34(47)59/h8-11,21-22,25-31,35,56H,5-7,12-20,44H2,1-4H3,(H2,45,57)(H2,46,58)(H2,47,59)(H,48,61)(H,49,66)(H,50,60)(H,51,62)(H,52,65)(H,53,63)(H,54,64)/t22-,25+,26+,27-,28+,29+,30+,31+,35-/m0/s1. The first-order chi connectivity index (χ1) is 32.5. The van der Waals surface area contributed by atoms with Crippen molar-refractivity contribution in [3.05, 3.63) is 29.8 Å². The van der Waals surface area contributed by atoms with Crippen LogP contribution in [-0.4, -0.2) is 148 Å². The number of phenolic OH excluding ortho intramolecular Hbond substituents is 1. The van der Waals surface area contributed by atoms with Gasteiger partial charge in [-0.15, -0.1) is 0 Å². The second-order valence-corrected chi connectivity index (χ2v) is 20.0. The zero-order valence-electron chi connectivity index (χ0n) is 39.1. The largest absolute Gasteiger partial charge is 0.508 e. The quantitative estimate of drug-likeness (QED) is 0.0671. The van der Waals surface area contributed by atoms with Crippen LogP contribution in [0.4, 0.5) is 0 Å². The van der Waals surface area contributed by atoms with Crippen LogP contribution in [0.3, 0.4) is 0 Å². The van der Waals surface area contributed by atoms with Gasteiger partial charge >= 0.3 is 0 Å². The SMILES string of the molecule is CC[C@H](C)[C@@H]1NC(=O)[C@@H](Cc2ccc(O)cc2)NC(=O)[C@H](N)CSSC[C@H](C(=O)N2CCC[C@@H]2C(=O)N[C@@H](CC(C)C)C(=O)NCC(N)=O)NC(=O)[C@@H](CC(N)=O)NC(=O)[C@@H](CCC(N)=O)NC1=O. The summed E-state index contributed by atoms with van der Waals surface area (Å²) in [5.74, 6) is -10.4. The molecule has 1 aromatic rings. The number of primary amides is 3. The number of likely N-dealkylation sites (tertiary alicyclic amines) is 1. The van der Waals surface area contributed by atoms with Gasteiger partial charge in [-0.3, -0.25) is 52.7 Å². The monoisotopic (exact) mass is 1010 g/mol. The predicted molar refractivity (Wildman–Crippen MR) is 254 cm³/mol. The second kappa shape index (κ2) is 27.7. The summed E-state index contributed by atoms with van der Waals surface area (Å²) in [7, 11) is 2.05. The molecule has 16 N–H and O–H groups in total.